The van der Waals surface area contributed by atoms with Gasteiger partial charge in [-0.2, -0.15) is 0 Å². The van der Waals surface area contributed by atoms with E-state index in [0.29, 0.717) is 0 Å². The molecular formula is C27H45N3O4. The van der Waals surface area contributed by atoms with E-state index in [1.165, 1.54) is 0 Å². The van der Waals surface area contributed by atoms with Gasteiger partial charge in [0.2, 0.25) is 11.8 Å². The molecule has 0 heterocycles. The third-order valence-electron chi connectivity index (χ3n) is 5.44. The van der Waals surface area contributed by atoms with Gasteiger partial charge in [0.1, 0.15) is 17.7 Å². The van der Waals surface area contributed by atoms with Gasteiger partial charge >= 0.3 is 6.09 Å². The molecule has 0 aromatic heterocycles. The average molecular weight is 476 g/mol. The van der Waals surface area contributed by atoms with E-state index in [2.05, 4.69) is 10.6 Å². The SMILES string of the molecule is Cc1cccc(C(C(=O)NC(C)C)N(C(=O)C(NC(=O)OC(C)(C)C)C(C)C)C(C)(C)C)c1C. The highest BCUT2D eigenvalue weighted by Crippen LogP contribution is 2.33. The summed E-state index contributed by atoms with van der Waals surface area (Å²) in [5.74, 6) is -0.817. The molecule has 0 spiro atoms. The number of hydrogen-bond acceptors (Lipinski definition) is 4. The maximum atomic E-state index is 14.1. The Morgan fingerprint density at radius 2 is 1.47 bits per heavy atom. The summed E-state index contributed by atoms with van der Waals surface area (Å²) in [6.45, 7) is 22.5. The second-order valence-electron chi connectivity index (χ2n) is 11.6. The predicted molar refractivity (Wildman–Crippen MR) is 137 cm³/mol. The van der Waals surface area contributed by atoms with Gasteiger partial charge in [0, 0.05) is 11.6 Å². The monoisotopic (exact) mass is 475 g/mol. The molecule has 1 rings (SSSR count). The fourth-order valence-electron chi connectivity index (χ4n) is 3.77. The van der Waals surface area contributed by atoms with Crippen molar-refractivity contribution in [3.63, 3.8) is 0 Å². The zero-order valence-corrected chi connectivity index (χ0v) is 23.1. The van der Waals surface area contributed by atoms with Crippen molar-refractivity contribution in [2.24, 2.45) is 5.92 Å². The van der Waals surface area contributed by atoms with Crippen LogP contribution in [0.15, 0.2) is 18.2 Å². The molecule has 7 nitrogen and oxygen atoms in total. The Labute approximate surface area is 206 Å². The lowest BCUT2D eigenvalue weighted by Gasteiger charge is -2.44. The highest BCUT2D eigenvalue weighted by molar-refractivity contribution is 5.93. The molecule has 0 saturated carbocycles. The van der Waals surface area contributed by atoms with Crippen LogP contribution in [0.5, 0.6) is 0 Å². The van der Waals surface area contributed by atoms with Crippen molar-refractivity contribution >= 4 is 17.9 Å². The second-order valence-corrected chi connectivity index (χ2v) is 11.6. The van der Waals surface area contributed by atoms with Gasteiger partial charge in [0.25, 0.3) is 0 Å². The molecule has 1 aromatic carbocycles. The fraction of sp³-hybridized carbons (Fsp3) is 0.667. The van der Waals surface area contributed by atoms with E-state index in [0.717, 1.165) is 16.7 Å². The number of nitrogens with zero attached hydrogens (tertiary/aromatic N) is 1. The fourth-order valence-corrected chi connectivity index (χ4v) is 3.77. The number of hydrogen-bond donors (Lipinski definition) is 2. The molecular weight excluding hydrogens is 430 g/mol. The Hall–Kier alpha value is -2.57. The van der Waals surface area contributed by atoms with Crippen LogP contribution >= 0.6 is 0 Å². The van der Waals surface area contributed by atoms with E-state index in [4.69, 9.17) is 4.74 Å². The Morgan fingerprint density at radius 1 is 0.912 bits per heavy atom. The van der Waals surface area contributed by atoms with E-state index in [1.807, 2.05) is 80.5 Å². The number of rotatable bonds is 7. The van der Waals surface area contributed by atoms with Crippen LogP contribution < -0.4 is 10.6 Å². The highest BCUT2D eigenvalue weighted by Gasteiger charge is 2.43. The minimum atomic E-state index is -0.867. The van der Waals surface area contributed by atoms with E-state index >= 15 is 0 Å². The first-order chi connectivity index (χ1) is 15.4. The van der Waals surface area contributed by atoms with Gasteiger partial charge in [-0.15, -0.1) is 0 Å². The Bertz CT molecular complexity index is 879. The van der Waals surface area contributed by atoms with Crippen LogP contribution in [0.25, 0.3) is 0 Å². The van der Waals surface area contributed by atoms with Gasteiger partial charge in [-0.25, -0.2) is 4.79 Å². The molecule has 0 fully saturated rings. The van der Waals surface area contributed by atoms with Gasteiger partial charge < -0.3 is 20.3 Å². The number of ether oxygens (including phenoxy) is 1. The van der Waals surface area contributed by atoms with Crippen molar-refractivity contribution in [3.8, 4) is 0 Å². The summed E-state index contributed by atoms with van der Waals surface area (Å²) in [7, 11) is 0. The minimum Gasteiger partial charge on any atom is -0.444 e. The third kappa shape index (κ3) is 8.03. The standard InChI is InChI=1S/C27H45N3O4/c1-16(2)21(29-25(33)34-27(10,11)12)24(32)30(26(7,8)9)22(23(31)28-17(3)4)20-15-13-14-18(5)19(20)6/h13-17,21-22H,1-12H3,(H,28,31)(H,29,33). The molecule has 34 heavy (non-hydrogen) atoms. The summed E-state index contributed by atoms with van der Waals surface area (Å²) in [6.07, 6.45) is -0.664. The third-order valence-corrected chi connectivity index (χ3v) is 5.44. The first-order valence-corrected chi connectivity index (χ1v) is 12.1. The van der Waals surface area contributed by atoms with E-state index < -0.39 is 29.3 Å². The highest BCUT2D eigenvalue weighted by atomic mass is 16.6. The largest absolute Gasteiger partial charge is 0.444 e. The van der Waals surface area contributed by atoms with Crippen LogP contribution in [-0.4, -0.2) is 46.0 Å². The van der Waals surface area contributed by atoms with Gasteiger partial charge in [0.05, 0.1) is 0 Å². The zero-order valence-electron chi connectivity index (χ0n) is 23.1. The van der Waals surface area contributed by atoms with Crippen LogP contribution in [0.2, 0.25) is 0 Å². The molecule has 0 aliphatic carbocycles. The van der Waals surface area contributed by atoms with Crippen LogP contribution in [0.4, 0.5) is 4.79 Å². The molecule has 1 aromatic rings. The maximum Gasteiger partial charge on any atom is 0.408 e. The van der Waals surface area contributed by atoms with Crippen molar-refractivity contribution in [1.82, 2.24) is 15.5 Å². The number of nitrogens with one attached hydrogen (secondary N) is 2. The predicted octanol–water partition coefficient (Wildman–Crippen LogP) is 5.05. The van der Waals surface area contributed by atoms with Crippen LogP contribution in [-0.2, 0) is 14.3 Å². The van der Waals surface area contributed by atoms with Crippen LogP contribution in [0, 0.1) is 19.8 Å². The first kappa shape index (κ1) is 29.5. The lowest BCUT2D eigenvalue weighted by atomic mass is 9.90. The molecule has 2 N–H and O–H groups in total. The molecule has 0 aliphatic heterocycles. The lowest BCUT2D eigenvalue weighted by Crippen LogP contribution is -2.60. The molecule has 0 bridgehead atoms. The molecule has 2 atom stereocenters. The van der Waals surface area contributed by atoms with Crippen molar-refractivity contribution in [2.75, 3.05) is 0 Å². The van der Waals surface area contributed by atoms with E-state index in [-0.39, 0.29) is 23.8 Å². The number of benzene rings is 1. The Balaban J connectivity index is 3.63. The van der Waals surface area contributed by atoms with Crippen molar-refractivity contribution < 1.29 is 19.1 Å². The second kappa shape index (κ2) is 11.2. The van der Waals surface area contributed by atoms with Gasteiger partial charge in [-0.1, -0.05) is 32.0 Å². The number of alkyl carbamates (subject to hydrolysis) is 1. The normalized spacial score (nSPS) is 13.9. The molecule has 0 saturated heterocycles. The Kier molecular flexibility index (Phi) is 9.74. The van der Waals surface area contributed by atoms with Gasteiger partial charge in [-0.05, 0) is 91.8 Å². The topological polar surface area (TPSA) is 87.7 Å². The van der Waals surface area contributed by atoms with Crippen LogP contribution in [0.1, 0.15) is 92.0 Å². The summed E-state index contributed by atoms with van der Waals surface area (Å²) < 4.78 is 5.41. The smallest absolute Gasteiger partial charge is 0.408 e. The first-order valence-electron chi connectivity index (χ1n) is 12.1. The lowest BCUT2D eigenvalue weighted by molar-refractivity contribution is -0.149. The molecule has 2 unspecified atom stereocenters. The molecule has 0 radical (unpaired) electrons. The van der Waals surface area contributed by atoms with Crippen LogP contribution in [0.3, 0.4) is 0 Å². The quantitative estimate of drug-likeness (QED) is 0.578. The van der Waals surface area contributed by atoms with Crippen molar-refractivity contribution in [3.05, 3.63) is 34.9 Å². The minimum absolute atomic E-state index is 0.0992. The van der Waals surface area contributed by atoms with Gasteiger partial charge in [0.15, 0.2) is 0 Å². The number of aryl methyl sites for hydroxylation is 1. The van der Waals surface area contributed by atoms with Gasteiger partial charge in [-0.3, -0.25) is 9.59 Å². The summed E-state index contributed by atoms with van der Waals surface area (Å²) in [5, 5.41) is 5.74. The van der Waals surface area contributed by atoms with Crippen molar-refractivity contribution in [2.45, 2.75) is 112 Å². The number of carbonyl (C=O) groups excluding carboxylic acids is 3. The zero-order chi connectivity index (χ0) is 26.6. The van der Waals surface area contributed by atoms with E-state index in [1.54, 1.807) is 25.7 Å². The summed E-state index contributed by atoms with van der Waals surface area (Å²) in [4.78, 5) is 41.9. The summed E-state index contributed by atoms with van der Waals surface area (Å²) in [6, 6.07) is 3.95. The Morgan fingerprint density at radius 3 is 1.91 bits per heavy atom. The summed E-state index contributed by atoms with van der Waals surface area (Å²) in [5.41, 5.74) is 1.34. The average Bonchev–Trinajstić information content (AvgIpc) is 2.63. The molecule has 7 heteroatoms. The maximum absolute atomic E-state index is 14.1. The number of carbonyl (C=O) groups is 3. The number of amides is 3. The molecule has 3 amide bonds. The van der Waals surface area contributed by atoms with E-state index in [9.17, 15) is 14.4 Å². The molecule has 192 valence electrons. The summed E-state index contributed by atoms with van der Waals surface area (Å²) >= 11 is 0. The van der Waals surface area contributed by atoms with Crippen molar-refractivity contribution in [1.29, 1.82) is 0 Å². The molecule has 0 aliphatic rings.